The minimum atomic E-state index is -1.49. The zero-order valence-electron chi connectivity index (χ0n) is 38.5. The molecule has 0 aromatic rings. The molecule has 0 aromatic heterocycles. The Morgan fingerprint density at radius 3 is 1.21 bits per heavy atom. The third kappa shape index (κ3) is 37.5. The number of unbranched alkanes of at least 4 members (excludes halogenated alkanes) is 28. The summed E-state index contributed by atoms with van der Waals surface area (Å²) in [4.78, 5) is 29.1. The maximum Gasteiger partial charge on any atom is 0.306 e. The molecule has 0 N–H and O–H groups in total. The highest BCUT2D eigenvalue weighted by Crippen LogP contribution is 2.46. The minimum absolute atomic E-state index is 0.0310. The predicted octanol–water partition coefficient (Wildman–Crippen LogP) is 15.3. The van der Waals surface area contributed by atoms with E-state index >= 15 is 0 Å². The molecule has 336 valence electrons. The summed E-state index contributed by atoms with van der Waals surface area (Å²) in [5, 5.41) is 0. The summed E-state index contributed by atoms with van der Waals surface area (Å²) in [7, 11) is -1.49. The molecule has 0 heterocycles. The second-order valence-electron chi connectivity index (χ2n) is 17.0. The van der Waals surface area contributed by atoms with E-state index in [1.165, 1.54) is 154 Å². The topological polar surface area (TPSA) is 78.7 Å². The Hall–Kier alpha value is -1.26. The molecule has 0 saturated heterocycles. The van der Waals surface area contributed by atoms with Gasteiger partial charge < -0.3 is 23.4 Å². The number of rotatable bonds is 44. The van der Waals surface area contributed by atoms with Gasteiger partial charge in [0.1, 0.15) is 13.2 Å². The number of carbonyl (C=O) groups excluding carboxylic acids is 2. The van der Waals surface area contributed by atoms with Crippen LogP contribution < -0.4 is 0 Å². The van der Waals surface area contributed by atoms with E-state index in [1.54, 1.807) is 0 Å². The van der Waals surface area contributed by atoms with Gasteiger partial charge in [0.05, 0.1) is 6.61 Å². The van der Waals surface area contributed by atoms with Crippen LogP contribution in [0.1, 0.15) is 247 Å². The molecule has 2 atom stereocenters. The molecule has 0 aromatic carbocycles. The standard InChI is InChI=1S/C48H93N2O6P/c1-8-10-12-14-16-18-20-22-24-26-28-30-32-34-36-38-47(51)53-42-46(43-55-57(54-41-40-49-7)50(44(3)4)45(5)6)56-48(52)39-37-35-33-31-29-27-25-23-21-19-17-15-13-11-9-2/h44-46H,8-43H2,1-6H3. The van der Waals surface area contributed by atoms with Gasteiger partial charge in [0.15, 0.2) is 6.10 Å². The molecular formula is C48H93N2O6P. The molecule has 0 amide bonds. The summed E-state index contributed by atoms with van der Waals surface area (Å²) in [6.07, 6.45) is 38.4. The number of esters is 2. The molecular weight excluding hydrogens is 732 g/mol. The first-order valence-electron chi connectivity index (χ1n) is 24.3. The molecule has 0 aliphatic heterocycles. The molecule has 9 heteroatoms. The molecule has 2 unspecified atom stereocenters. The Morgan fingerprint density at radius 1 is 0.509 bits per heavy atom. The number of hydrogen-bond acceptors (Lipinski definition) is 7. The highest BCUT2D eigenvalue weighted by Gasteiger charge is 2.29. The van der Waals surface area contributed by atoms with Gasteiger partial charge in [0, 0.05) is 24.9 Å². The molecule has 0 bridgehead atoms. The van der Waals surface area contributed by atoms with E-state index < -0.39 is 14.6 Å². The minimum Gasteiger partial charge on any atom is -0.462 e. The number of ether oxygens (including phenoxy) is 2. The van der Waals surface area contributed by atoms with Gasteiger partial charge >= 0.3 is 11.9 Å². The lowest BCUT2D eigenvalue weighted by Crippen LogP contribution is -2.35. The van der Waals surface area contributed by atoms with Gasteiger partial charge in [-0.15, -0.1) is 0 Å². The van der Waals surface area contributed by atoms with Crippen molar-refractivity contribution in [3.8, 4) is 0 Å². The Morgan fingerprint density at radius 2 is 0.860 bits per heavy atom. The highest BCUT2D eigenvalue weighted by molar-refractivity contribution is 7.44. The average molecular weight is 825 g/mol. The van der Waals surface area contributed by atoms with E-state index in [4.69, 9.17) is 25.1 Å². The van der Waals surface area contributed by atoms with Crippen molar-refractivity contribution in [2.45, 2.75) is 265 Å². The van der Waals surface area contributed by atoms with Crippen molar-refractivity contribution in [3.05, 3.63) is 11.4 Å². The predicted molar refractivity (Wildman–Crippen MR) is 242 cm³/mol. The van der Waals surface area contributed by atoms with Crippen molar-refractivity contribution < 1.29 is 28.1 Å². The maximum atomic E-state index is 13.0. The van der Waals surface area contributed by atoms with Crippen LogP contribution in [0.3, 0.4) is 0 Å². The lowest BCUT2D eigenvalue weighted by molar-refractivity contribution is -0.161. The summed E-state index contributed by atoms with van der Waals surface area (Å²) < 4.78 is 26.0. The largest absolute Gasteiger partial charge is 0.462 e. The van der Waals surface area contributed by atoms with Crippen LogP contribution in [0.25, 0.3) is 4.85 Å². The smallest absolute Gasteiger partial charge is 0.306 e. The normalized spacial score (nSPS) is 12.7. The lowest BCUT2D eigenvalue weighted by Gasteiger charge is -2.35. The Bertz CT molecular complexity index is 921. The first-order valence-corrected chi connectivity index (χ1v) is 25.4. The Labute approximate surface area is 355 Å². The second-order valence-corrected chi connectivity index (χ2v) is 18.5. The van der Waals surface area contributed by atoms with Crippen molar-refractivity contribution in [1.82, 2.24) is 4.67 Å². The Balaban J connectivity index is 4.60. The van der Waals surface area contributed by atoms with Crippen molar-refractivity contribution in [1.29, 1.82) is 0 Å². The van der Waals surface area contributed by atoms with Crippen LogP contribution in [-0.4, -0.2) is 61.2 Å². The molecule has 0 rings (SSSR count). The van der Waals surface area contributed by atoms with Crippen LogP contribution >= 0.6 is 8.53 Å². The molecule has 0 saturated carbocycles. The van der Waals surface area contributed by atoms with Crippen molar-refractivity contribution >= 4 is 20.5 Å². The van der Waals surface area contributed by atoms with Crippen LogP contribution in [-0.2, 0) is 28.1 Å². The van der Waals surface area contributed by atoms with E-state index in [1.807, 2.05) is 0 Å². The zero-order chi connectivity index (χ0) is 42.0. The van der Waals surface area contributed by atoms with Gasteiger partial charge in [-0.05, 0) is 40.5 Å². The zero-order valence-corrected chi connectivity index (χ0v) is 39.4. The quantitative estimate of drug-likeness (QED) is 0.0262. The fraction of sp³-hybridized carbons (Fsp3) is 0.938. The third-order valence-electron chi connectivity index (χ3n) is 10.7. The van der Waals surface area contributed by atoms with Crippen LogP contribution in [0.2, 0.25) is 0 Å². The van der Waals surface area contributed by atoms with E-state index in [2.05, 4.69) is 51.1 Å². The molecule has 0 aliphatic rings. The van der Waals surface area contributed by atoms with Gasteiger partial charge in [0.25, 0.3) is 8.53 Å². The molecule has 57 heavy (non-hydrogen) atoms. The first-order chi connectivity index (χ1) is 27.8. The van der Waals surface area contributed by atoms with Crippen LogP contribution in [0.4, 0.5) is 0 Å². The lowest BCUT2D eigenvalue weighted by atomic mass is 10.0. The van der Waals surface area contributed by atoms with Crippen LogP contribution in [0.15, 0.2) is 0 Å². The fourth-order valence-corrected chi connectivity index (χ4v) is 8.98. The molecule has 0 aliphatic carbocycles. The number of nitrogens with zero attached hydrogens (tertiary/aromatic N) is 2. The van der Waals surface area contributed by atoms with E-state index in [-0.39, 0.29) is 50.4 Å². The monoisotopic (exact) mass is 825 g/mol. The SMILES string of the molecule is [C-]#[N+]CCOP(OCC(COC(=O)CCCCCCCCCCCCCCCCC)OC(=O)CCCCCCCCCCCCCCCCC)N(C(C)C)C(C)C. The van der Waals surface area contributed by atoms with Gasteiger partial charge in [-0.25, -0.2) is 11.2 Å². The molecule has 0 fully saturated rings. The van der Waals surface area contributed by atoms with Crippen LogP contribution in [0, 0.1) is 6.57 Å². The number of hydrogen-bond donors (Lipinski definition) is 0. The average Bonchev–Trinajstić information content (AvgIpc) is 3.18. The van der Waals surface area contributed by atoms with Crippen molar-refractivity contribution in [2.75, 3.05) is 26.4 Å². The van der Waals surface area contributed by atoms with Gasteiger partial charge in [-0.1, -0.05) is 194 Å². The summed E-state index contributed by atoms with van der Waals surface area (Å²) in [5.41, 5.74) is 0. The van der Waals surface area contributed by atoms with E-state index in [0.717, 1.165) is 38.5 Å². The summed E-state index contributed by atoms with van der Waals surface area (Å²) in [5.74, 6) is -0.533. The fourth-order valence-electron chi connectivity index (χ4n) is 7.36. The summed E-state index contributed by atoms with van der Waals surface area (Å²) in [6.45, 7) is 20.6. The first kappa shape index (κ1) is 55.7. The molecule has 0 radical (unpaired) electrons. The van der Waals surface area contributed by atoms with Gasteiger partial charge in [-0.3, -0.25) is 9.59 Å². The summed E-state index contributed by atoms with van der Waals surface area (Å²) >= 11 is 0. The third-order valence-corrected chi connectivity index (χ3v) is 12.8. The molecule has 0 spiro atoms. The Kier molecular flexibility index (Phi) is 41.9. The van der Waals surface area contributed by atoms with Crippen LogP contribution in [0.5, 0.6) is 0 Å². The van der Waals surface area contributed by atoms with Crippen molar-refractivity contribution in [2.24, 2.45) is 0 Å². The second kappa shape index (κ2) is 42.8. The number of carbonyl (C=O) groups is 2. The van der Waals surface area contributed by atoms with Gasteiger partial charge in [-0.2, -0.15) is 0 Å². The van der Waals surface area contributed by atoms with Crippen molar-refractivity contribution in [3.63, 3.8) is 0 Å². The van der Waals surface area contributed by atoms with E-state index in [0.29, 0.717) is 12.8 Å². The maximum absolute atomic E-state index is 13.0. The molecule has 8 nitrogen and oxygen atoms in total. The summed E-state index contributed by atoms with van der Waals surface area (Å²) in [6, 6.07) is 0.311. The highest BCUT2D eigenvalue weighted by atomic mass is 31.2. The van der Waals surface area contributed by atoms with E-state index in [9.17, 15) is 9.59 Å². The van der Waals surface area contributed by atoms with Gasteiger partial charge in [0.2, 0.25) is 6.54 Å².